The minimum atomic E-state index is -0.674. The van der Waals surface area contributed by atoms with Crippen LogP contribution in [0.15, 0.2) is 23.2 Å². The minimum absolute atomic E-state index is 0.0643. The van der Waals surface area contributed by atoms with Crippen LogP contribution in [0.1, 0.15) is 29.5 Å². The smallest absolute Gasteiger partial charge is 0.254 e. The summed E-state index contributed by atoms with van der Waals surface area (Å²) < 4.78 is 18.6. The Morgan fingerprint density at radius 3 is 3.00 bits per heavy atom. The zero-order valence-electron chi connectivity index (χ0n) is 10.9. The quantitative estimate of drug-likeness (QED) is 0.829. The summed E-state index contributed by atoms with van der Waals surface area (Å²) in [5, 5.41) is 8.87. The highest BCUT2D eigenvalue weighted by atomic mass is 19.1. The third-order valence-electron chi connectivity index (χ3n) is 2.49. The number of pyridine rings is 1. The molecular formula is C12H14FN5O2. The Kier molecular flexibility index (Phi) is 4.59. The molecule has 2 aromatic heterocycles. The Morgan fingerprint density at radius 1 is 1.45 bits per heavy atom. The van der Waals surface area contributed by atoms with E-state index in [0.717, 1.165) is 12.8 Å². The van der Waals surface area contributed by atoms with Crippen LogP contribution in [0.25, 0.3) is 0 Å². The normalized spacial score (nSPS) is 10.3. The van der Waals surface area contributed by atoms with Crippen molar-refractivity contribution in [2.45, 2.75) is 19.9 Å². The molecule has 8 heteroatoms. The molecule has 106 valence electrons. The van der Waals surface area contributed by atoms with E-state index >= 15 is 0 Å². The molecule has 1 amide bonds. The average Bonchev–Trinajstić information content (AvgIpc) is 2.97. The Bertz CT molecular complexity index is 573. The van der Waals surface area contributed by atoms with Gasteiger partial charge in [-0.05, 0) is 12.5 Å². The van der Waals surface area contributed by atoms with E-state index in [0.29, 0.717) is 12.4 Å². The summed E-state index contributed by atoms with van der Waals surface area (Å²) >= 11 is 0. The first-order valence-corrected chi connectivity index (χ1v) is 6.14. The molecule has 0 aliphatic carbocycles. The van der Waals surface area contributed by atoms with Gasteiger partial charge in [0.1, 0.15) is 0 Å². The van der Waals surface area contributed by atoms with Crippen molar-refractivity contribution >= 4 is 11.7 Å². The van der Waals surface area contributed by atoms with Gasteiger partial charge in [-0.25, -0.2) is 9.37 Å². The first-order valence-electron chi connectivity index (χ1n) is 6.14. The second kappa shape index (κ2) is 6.60. The van der Waals surface area contributed by atoms with Gasteiger partial charge in [0.05, 0.1) is 12.1 Å². The van der Waals surface area contributed by atoms with Gasteiger partial charge in [0.25, 0.3) is 5.91 Å². The molecule has 0 atom stereocenters. The average molecular weight is 279 g/mol. The fraction of sp³-hybridized carbons (Fsp3) is 0.333. The van der Waals surface area contributed by atoms with E-state index in [9.17, 15) is 9.18 Å². The molecule has 2 heterocycles. The number of hydrogen-bond acceptors (Lipinski definition) is 6. The molecule has 2 aromatic rings. The fourth-order valence-corrected chi connectivity index (χ4v) is 1.51. The molecule has 20 heavy (non-hydrogen) atoms. The van der Waals surface area contributed by atoms with Gasteiger partial charge in [-0.3, -0.25) is 4.79 Å². The van der Waals surface area contributed by atoms with Crippen LogP contribution in [-0.2, 0) is 6.54 Å². The Hall–Kier alpha value is -2.51. The lowest BCUT2D eigenvalue weighted by Gasteiger charge is -2.08. The molecule has 2 N–H and O–H groups in total. The van der Waals surface area contributed by atoms with E-state index in [2.05, 4.69) is 30.3 Å². The summed E-state index contributed by atoms with van der Waals surface area (Å²) in [7, 11) is 0. The number of carbonyl (C=O) groups excluding carboxylic acids is 1. The molecule has 0 bridgehead atoms. The predicted octanol–water partition coefficient (Wildman–Crippen LogP) is 1.36. The van der Waals surface area contributed by atoms with E-state index < -0.39 is 11.7 Å². The molecule has 0 aliphatic rings. The maximum Gasteiger partial charge on any atom is 0.254 e. The van der Waals surface area contributed by atoms with Gasteiger partial charge < -0.3 is 15.2 Å². The van der Waals surface area contributed by atoms with E-state index in [1.165, 1.54) is 12.3 Å². The van der Waals surface area contributed by atoms with Crippen LogP contribution in [0.2, 0.25) is 0 Å². The zero-order chi connectivity index (χ0) is 14.4. The maximum atomic E-state index is 14.1. The number of rotatable bonds is 6. The van der Waals surface area contributed by atoms with E-state index in [1.807, 2.05) is 6.92 Å². The van der Waals surface area contributed by atoms with Crippen molar-refractivity contribution in [3.8, 4) is 0 Å². The van der Waals surface area contributed by atoms with Crippen LogP contribution in [0.5, 0.6) is 0 Å². The van der Waals surface area contributed by atoms with Gasteiger partial charge in [-0.2, -0.15) is 4.98 Å². The van der Waals surface area contributed by atoms with Crippen LogP contribution in [0.4, 0.5) is 10.2 Å². The molecule has 0 unspecified atom stereocenters. The van der Waals surface area contributed by atoms with Crippen molar-refractivity contribution in [3.63, 3.8) is 0 Å². The summed E-state index contributed by atoms with van der Waals surface area (Å²) in [6, 6.07) is 1.32. The number of amides is 1. The van der Waals surface area contributed by atoms with Crippen molar-refractivity contribution in [3.05, 3.63) is 35.9 Å². The highest BCUT2D eigenvalue weighted by Crippen LogP contribution is 2.15. The van der Waals surface area contributed by atoms with Crippen molar-refractivity contribution in [1.82, 2.24) is 20.4 Å². The standard InChI is InChI=1S/C12H14FN5O2/c1-2-4-14-11-10(13)8(3-5-15-11)12(19)16-6-9-17-7-20-18-9/h3,5,7H,2,4,6H2,1H3,(H,14,15)(H,16,19). The molecule has 0 radical (unpaired) electrons. The van der Waals surface area contributed by atoms with Crippen molar-refractivity contribution in [2.24, 2.45) is 0 Å². The molecule has 0 aromatic carbocycles. The van der Waals surface area contributed by atoms with Gasteiger partial charge in [-0.1, -0.05) is 12.1 Å². The fourth-order valence-electron chi connectivity index (χ4n) is 1.51. The number of nitrogens with one attached hydrogen (secondary N) is 2. The molecular weight excluding hydrogens is 265 g/mol. The molecule has 7 nitrogen and oxygen atoms in total. The van der Waals surface area contributed by atoms with Crippen LogP contribution in [-0.4, -0.2) is 27.6 Å². The number of carbonyl (C=O) groups is 1. The van der Waals surface area contributed by atoms with Gasteiger partial charge in [0, 0.05) is 12.7 Å². The zero-order valence-corrected chi connectivity index (χ0v) is 10.9. The highest BCUT2D eigenvalue weighted by Gasteiger charge is 2.16. The third kappa shape index (κ3) is 3.28. The molecule has 0 fully saturated rings. The largest absolute Gasteiger partial charge is 0.368 e. The van der Waals surface area contributed by atoms with Crippen LogP contribution in [0, 0.1) is 5.82 Å². The molecule has 0 aliphatic heterocycles. The van der Waals surface area contributed by atoms with Gasteiger partial charge in [0.15, 0.2) is 17.5 Å². The summed E-state index contributed by atoms with van der Waals surface area (Å²) in [5.74, 6) is -0.850. The van der Waals surface area contributed by atoms with Gasteiger partial charge in [-0.15, -0.1) is 0 Å². The predicted molar refractivity (Wildman–Crippen MR) is 68.4 cm³/mol. The van der Waals surface area contributed by atoms with Gasteiger partial charge in [0.2, 0.25) is 6.39 Å². The van der Waals surface area contributed by atoms with E-state index in [1.54, 1.807) is 0 Å². The summed E-state index contributed by atoms with van der Waals surface area (Å²) in [5.41, 5.74) is -0.0814. The second-order valence-corrected chi connectivity index (χ2v) is 3.98. The van der Waals surface area contributed by atoms with Crippen molar-refractivity contribution in [1.29, 1.82) is 0 Å². The summed E-state index contributed by atoms with van der Waals surface area (Å²) in [4.78, 5) is 19.5. The van der Waals surface area contributed by atoms with Gasteiger partial charge >= 0.3 is 0 Å². The SMILES string of the molecule is CCCNc1nccc(C(=O)NCc2ncon2)c1F. The van der Waals surface area contributed by atoms with E-state index in [4.69, 9.17) is 0 Å². The molecule has 0 saturated heterocycles. The molecule has 0 saturated carbocycles. The van der Waals surface area contributed by atoms with Crippen LogP contribution < -0.4 is 10.6 Å². The van der Waals surface area contributed by atoms with Crippen molar-refractivity contribution in [2.75, 3.05) is 11.9 Å². The number of aromatic nitrogens is 3. The highest BCUT2D eigenvalue weighted by molar-refractivity contribution is 5.95. The lowest BCUT2D eigenvalue weighted by atomic mass is 10.2. The van der Waals surface area contributed by atoms with E-state index in [-0.39, 0.29) is 17.9 Å². The lowest BCUT2D eigenvalue weighted by Crippen LogP contribution is -2.25. The number of hydrogen-bond donors (Lipinski definition) is 2. The monoisotopic (exact) mass is 279 g/mol. The Balaban J connectivity index is 2.05. The minimum Gasteiger partial charge on any atom is -0.368 e. The van der Waals surface area contributed by atoms with Crippen molar-refractivity contribution < 1.29 is 13.7 Å². The first kappa shape index (κ1) is 13.9. The first-order chi connectivity index (χ1) is 9.72. The summed E-state index contributed by atoms with van der Waals surface area (Å²) in [6.07, 6.45) is 3.36. The summed E-state index contributed by atoms with van der Waals surface area (Å²) in [6.45, 7) is 2.60. The Morgan fingerprint density at radius 2 is 2.30 bits per heavy atom. The lowest BCUT2D eigenvalue weighted by molar-refractivity contribution is 0.0945. The molecule has 0 spiro atoms. The number of halogens is 1. The Labute approximate surface area is 114 Å². The molecule has 2 rings (SSSR count). The number of anilines is 1. The topological polar surface area (TPSA) is 92.9 Å². The maximum absolute atomic E-state index is 14.1. The van der Waals surface area contributed by atoms with Crippen LogP contribution in [0.3, 0.4) is 0 Å². The third-order valence-corrected chi connectivity index (χ3v) is 2.49. The van der Waals surface area contributed by atoms with Crippen LogP contribution >= 0.6 is 0 Å². The number of nitrogens with zero attached hydrogens (tertiary/aromatic N) is 3. The second-order valence-electron chi connectivity index (χ2n) is 3.98.